The monoisotopic (exact) mass is 333 g/mol. The number of carbonyl (C=O) groups excluding carboxylic acids is 1. The molecule has 3 rings (SSSR count). The molecule has 1 heterocycles. The summed E-state index contributed by atoms with van der Waals surface area (Å²) in [6, 6.07) is 10.3. The lowest BCUT2D eigenvalue weighted by atomic mass is 10.0. The summed E-state index contributed by atoms with van der Waals surface area (Å²) in [6.07, 6.45) is 2.63. The number of rotatable bonds is 2. The lowest BCUT2D eigenvalue weighted by Gasteiger charge is -2.29. The first-order chi connectivity index (χ1) is 10.9. The van der Waals surface area contributed by atoms with E-state index in [2.05, 4.69) is 0 Å². The summed E-state index contributed by atoms with van der Waals surface area (Å²) in [4.78, 5) is 14.5. The van der Waals surface area contributed by atoms with Crippen LogP contribution in [0.1, 0.15) is 22.3 Å². The highest BCUT2D eigenvalue weighted by Crippen LogP contribution is 2.29. The second-order valence-electron chi connectivity index (χ2n) is 5.63. The summed E-state index contributed by atoms with van der Waals surface area (Å²) in [5.74, 6) is -0.520. The maximum absolute atomic E-state index is 13.3. The lowest BCUT2D eigenvalue weighted by Crippen LogP contribution is -2.35. The van der Waals surface area contributed by atoms with E-state index >= 15 is 0 Å². The van der Waals surface area contributed by atoms with Crippen molar-refractivity contribution in [3.8, 4) is 0 Å². The molecule has 2 aromatic rings. The number of fused-ring (bicyclic) bond motifs is 1. The SMILES string of the molecule is CS(=O)(=O)c1ccc(C(=O)N2CCCc3cc(F)ccc32)cc1. The normalized spacial score (nSPS) is 14.4. The maximum Gasteiger partial charge on any atom is 0.258 e. The summed E-state index contributed by atoms with van der Waals surface area (Å²) in [5.41, 5.74) is 1.95. The third-order valence-electron chi connectivity index (χ3n) is 3.93. The number of anilines is 1. The molecule has 4 nitrogen and oxygen atoms in total. The van der Waals surface area contributed by atoms with Crippen molar-refractivity contribution >= 4 is 21.4 Å². The Labute approximate surface area is 134 Å². The first-order valence-electron chi connectivity index (χ1n) is 7.27. The second kappa shape index (κ2) is 5.77. The fourth-order valence-corrected chi connectivity index (χ4v) is 3.41. The Hall–Kier alpha value is -2.21. The summed E-state index contributed by atoms with van der Waals surface area (Å²) in [5, 5.41) is 0. The largest absolute Gasteiger partial charge is 0.308 e. The van der Waals surface area contributed by atoms with E-state index in [1.807, 2.05) is 0 Å². The van der Waals surface area contributed by atoms with Crippen LogP contribution >= 0.6 is 0 Å². The van der Waals surface area contributed by atoms with Crippen LogP contribution in [0.4, 0.5) is 10.1 Å². The topological polar surface area (TPSA) is 54.5 Å². The predicted molar refractivity (Wildman–Crippen MR) is 85.9 cm³/mol. The first kappa shape index (κ1) is 15.7. The molecule has 2 aromatic carbocycles. The van der Waals surface area contributed by atoms with Crippen LogP contribution in [0.5, 0.6) is 0 Å². The van der Waals surface area contributed by atoms with Gasteiger partial charge in [0, 0.05) is 24.1 Å². The third-order valence-corrected chi connectivity index (χ3v) is 5.06. The van der Waals surface area contributed by atoms with Crippen LogP contribution in [0.2, 0.25) is 0 Å². The van der Waals surface area contributed by atoms with Gasteiger partial charge in [-0.15, -0.1) is 0 Å². The molecule has 0 spiro atoms. The van der Waals surface area contributed by atoms with E-state index in [1.165, 1.54) is 36.4 Å². The lowest BCUT2D eigenvalue weighted by molar-refractivity contribution is 0.0985. The van der Waals surface area contributed by atoms with E-state index in [0.717, 1.165) is 30.3 Å². The van der Waals surface area contributed by atoms with Gasteiger partial charge in [-0.05, 0) is 60.9 Å². The van der Waals surface area contributed by atoms with Crippen molar-refractivity contribution in [2.24, 2.45) is 0 Å². The predicted octanol–water partition coefficient (Wildman–Crippen LogP) is 2.82. The quantitative estimate of drug-likeness (QED) is 0.849. The van der Waals surface area contributed by atoms with Gasteiger partial charge < -0.3 is 4.90 Å². The van der Waals surface area contributed by atoms with Crippen molar-refractivity contribution in [3.05, 3.63) is 59.4 Å². The molecule has 1 aliphatic rings. The van der Waals surface area contributed by atoms with E-state index < -0.39 is 9.84 Å². The van der Waals surface area contributed by atoms with E-state index in [-0.39, 0.29) is 16.6 Å². The highest BCUT2D eigenvalue weighted by atomic mass is 32.2. The number of hydrogen-bond acceptors (Lipinski definition) is 3. The standard InChI is InChI=1S/C17H16FNO3S/c1-23(21,22)15-7-4-12(5-8-15)17(20)19-10-2-3-13-11-14(18)6-9-16(13)19/h4-9,11H,2-3,10H2,1H3. The molecule has 0 fully saturated rings. The van der Waals surface area contributed by atoms with Crippen LogP contribution in [0.15, 0.2) is 47.4 Å². The van der Waals surface area contributed by atoms with Gasteiger partial charge in [-0.3, -0.25) is 4.79 Å². The van der Waals surface area contributed by atoms with E-state index in [1.54, 1.807) is 11.0 Å². The molecule has 0 radical (unpaired) electrons. The zero-order chi connectivity index (χ0) is 16.6. The van der Waals surface area contributed by atoms with Gasteiger partial charge in [0.1, 0.15) is 5.82 Å². The van der Waals surface area contributed by atoms with Gasteiger partial charge in [0.2, 0.25) is 0 Å². The average molecular weight is 333 g/mol. The second-order valence-corrected chi connectivity index (χ2v) is 7.65. The number of hydrogen-bond donors (Lipinski definition) is 0. The van der Waals surface area contributed by atoms with Crippen LogP contribution in [-0.2, 0) is 16.3 Å². The Morgan fingerprint density at radius 3 is 2.48 bits per heavy atom. The molecule has 0 saturated heterocycles. The molecule has 0 saturated carbocycles. The van der Waals surface area contributed by atoms with Crippen LogP contribution in [-0.4, -0.2) is 27.1 Å². The molecule has 6 heteroatoms. The average Bonchev–Trinajstić information content (AvgIpc) is 2.52. The van der Waals surface area contributed by atoms with Crippen molar-refractivity contribution < 1.29 is 17.6 Å². The zero-order valence-corrected chi connectivity index (χ0v) is 13.4. The molecule has 1 amide bonds. The number of carbonyl (C=O) groups is 1. The van der Waals surface area contributed by atoms with Crippen LogP contribution < -0.4 is 4.90 Å². The fraction of sp³-hybridized carbons (Fsp3) is 0.235. The van der Waals surface area contributed by atoms with Gasteiger partial charge >= 0.3 is 0 Å². The molecule has 23 heavy (non-hydrogen) atoms. The number of sulfone groups is 1. The highest BCUT2D eigenvalue weighted by Gasteiger charge is 2.24. The number of amides is 1. The molecule has 0 aromatic heterocycles. The summed E-state index contributed by atoms with van der Waals surface area (Å²) < 4.78 is 36.3. The van der Waals surface area contributed by atoms with Gasteiger partial charge in [0.05, 0.1) is 4.90 Å². The number of nitrogens with zero attached hydrogens (tertiary/aromatic N) is 1. The van der Waals surface area contributed by atoms with E-state index in [4.69, 9.17) is 0 Å². The Kier molecular flexibility index (Phi) is 3.93. The Morgan fingerprint density at radius 1 is 1.13 bits per heavy atom. The minimum absolute atomic E-state index is 0.176. The third kappa shape index (κ3) is 3.12. The zero-order valence-electron chi connectivity index (χ0n) is 12.6. The fourth-order valence-electron chi connectivity index (χ4n) is 2.78. The Balaban J connectivity index is 1.93. The van der Waals surface area contributed by atoms with Gasteiger partial charge in [0.15, 0.2) is 9.84 Å². The molecule has 0 N–H and O–H groups in total. The molecule has 1 aliphatic heterocycles. The smallest absolute Gasteiger partial charge is 0.258 e. The number of aryl methyl sites for hydroxylation is 1. The first-order valence-corrected chi connectivity index (χ1v) is 9.16. The minimum Gasteiger partial charge on any atom is -0.308 e. The van der Waals surface area contributed by atoms with Crippen LogP contribution in [0.25, 0.3) is 0 Å². The van der Waals surface area contributed by atoms with Crippen molar-refractivity contribution in [1.29, 1.82) is 0 Å². The minimum atomic E-state index is -3.29. The molecule has 0 aliphatic carbocycles. The molecule has 0 bridgehead atoms. The van der Waals surface area contributed by atoms with Crippen LogP contribution in [0, 0.1) is 5.82 Å². The van der Waals surface area contributed by atoms with Crippen LogP contribution in [0.3, 0.4) is 0 Å². The van der Waals surface area contributed by atoms with E-state index in [0.29, 0.717) is 12.1 Å². The molecule has 120 valence electrons. The maximum atomic E-state index is 13.3. The van der Waals surface area contributed by atoms with Gasteiger partial charge in [0.25, 0.3) is 5.91 Å². The van der Waals surface area contributed by atoms with Crippen molar-refractivity contribution in [3.63, 3.8) is 0 Å². The van der Waals surface area contributed by atoms with Crippen molar-refractivity contribution in [2.75, 3.05) is 17.7 Å². The Morgan fingerprint density at radius 2 is 1.83 bits per heavy atom. The molecule has 0 unspecified atom stereocenters. The number of halogens is 1. The van der Waals surface area contributed by atoms with Gasteiger partial charge in [-0.2, -0.15) is 0 Å². The number of benzene rings is 2. The van der Waals surface area contributed by atoms with Gasteiger partial charge in [-0.1, -0.05) is 0 Å². The summed E-state index contributed by atoms with van der Waals surface area (Å²) >= 11 is 0. The van der Waals surface area contributed by atoms with E-state index in [9.17, 15) is 17.6 Å². The summed E-state index contributed by atoms with van der Waals surface area (Å²) in [6.45, 7) is 0.561. The molecular formula is C17H16FNO3S. The van der Waals surface area contributed by atoms with Gasteiger partial charge in [-0.25, -0.2) is 12.8 Å². The Bertz CT molecular complexity index is 860. The van der Waals surface area contributed by atoms with Crippen molar-refractivity contribution in [1.82, 2.24) is 0 Å². The van der Waals surface area contributed by atoms with Crippen molar-refractivity contribution in [2.45, 2.75) is 17.7 Å². The molecule has 0 atom stereocenters. The summed E-state index contributed by atoms with van der Waals surface area (Å²) in [7, 11) is -3.29. The molecular weight excluding hydrogens is 317 g/mol. The highest BCUT2D eigenvalue weighted by molar-refractivity contribution is 7.90.